The standard InChI is InChI=1S/C21H20N4O/c1-4-15(12-13-22-2)20-23-18-11-10-16(14-19(18)24-20)21(26)25(3)17-8-6-5-7-9-17/h4-14H,2H2,1,3H3,(H,23,24)/b13-12-,15-4+. The van der Waals surface area contributed by atoms with Crippen LogP contribution in [0.1, 0.15) is 23.1 Å². The molecule has 0 aliphatic carbocycles. The number of rotatable bonds is 5. The van der Waals surface area contributed by atoms with Gasteiger partial charge in [0.2, 0.25) is 0 Å². The summed E-state index contributed by atoms with van der Waals surface area (Å²) in [4.78, 5) is 26.0. The molecule has 0 saturated heterocycles. The minimum atomic E-state index is -0.0729. The number of carbonyl (C=O) groups excluding carboxylic acids is 1. The van der Waals surface area contributed by atoms with Crippen molar-refractivity contribution in [3.63, 3.8) is 0 Å². The Bertz CT molecular complexity index is 999. The number of hydrogen-bond acceptors (Lipinski definition) is 3. The van der Waals surface area contributed by atoms with Gasteiger partial charge in [-0.2, -0.15) is 0 Å². The van der Waals surface area contributed by atoms with E-state index < -0.39 is 0 Å². The molecule has 1 heterocycles. The topological polar surface area (TPSA) is 61.4 Å². The third-order valence-corrected chi connectivity index (χ3v) is 4.12. The summed E-state index contributed by atoms with van der Waals surface area (Å²) in [6, 6.07) is 15.0. The molecule has 0 bridgehead atoms. The Labute approximate surface area is 152 Å². The monoisotopic (exact) mass is 344 g/mol. The van der Waals surface area contributed by atoms with E-state index in [9.17, 15) is 4.79 Å². The summed E-state index contributed by atoms with van der Waals surface area (Å²) in [6.07, 6.45) is 5.39. The Hall–Kier alpha value is -3.47. The molecular formula is C21H20N4O. The summed E-state index contributed by atoms with van der Waals surface area (Å²) >= 11 is 0. The normalized spacial score (nSPS) is 11.8. The van der Waals surface area contributed by atoms with Crippen molar-refractivity contribution < 1.29 is 4.79 Å². The number of allylic oxidation sites excluding steroid dienone is 3. The van der Waals surface area contributed by atoms with Gasteiger partial charge in [0, 0.05) is 30.1 Å². The van der Waals surface area contributed by atoms with Gasteiger partial charge in [0.05, 0.1) is 11.0 Å². The van der Waals surface area contributed by atoms with Crippen molar-refractivity contribution in [3.05, 3.63) is 78.3 Å². The number of fused-ring (bicyclic) bond motifs is 1. The number of amides is 1. The van der Waals surface area contributed by atoms with Crippen LogP contribution in [0.4, 0.5) is 5.69 Å². The number of carbonyl (C=O) groups is 1. The molecule has 130 valence electrons. The number of H-pyrrole nitrogens is 1. The number of imidazole rings is 1. The quantitative estimate of drug-likeness (QED) is 0.549. The van der Waals surface area contributed by atoms with Gasteiger partial charge in [0.15, 0.2) is 0 Å². The van der Waals surface area contributed by atoms with Crippen LogP contribution in [0.3, 0.4) is 0 Å². The lowest BCUT2D eigenvalue weighted by molar-refractivity contribution is 0.0993. The number of aromatic nitrogens is 2. The number of benzene rings is 2. The summed E-state index contributed by atoms with van der Waals surface area (Å²) in [6.45, 7) is 5.37. The maximum Gasteiger partial charge on any atom is 0.258 e. The average Bonchev–Trinajstić information content (AvgIpc) is 3.11. The first-order valence-electron chi connectivity index (χ1n) is 8.26. The number of hydrogen-bond donors (Lipinski definition) is 1. The van der Waals surface area contributed by atoms with E-state index >= 15 is 0 Å². The molecule has 5 heteroatoms. The van der Waals surface area contributed by atoms with Crippen LogP contribution in [-0.2, 0) is 0 Å². The molecule has 0 unspecified atom stereocenters. The molecule has 3 rings (SSSR count). The highest BCUT2D eigenvalue weighted by Crippen LogP contribution is 2.21. The first-order valence-corrected chi connectivity index (χ1v) is 8.26. The zero-order valence-corrected chi connectivity index (χ0v) is 14.8. The largest absolute Gasteiger partial charge is 0.338 e. The van der Waals surface area contributed by atoms with Gasteiger partial charge in [-0.15, -0.1) is 0 Å². The Kier molecular flexibility index (Phi) is 5.08. The first kappa shape index (κ1) is 17.4. The molecule has 26 heavy (non-hydrogen) atoms. The van der Waals surface area contributed by atoms with Crippen molar-refractivity contribution in [2.24, 2.45) is 4.99 Å². The minimum Gasteiger partial charge on any atom is -0.338 e. The molecule has 0 spiro atoms. The van der Waals surface area contributed by atoms with Gasteiger partial charge in [-0.25, -0.2) is 4.98 Å². The van der Waals surface area contributed by atoms with Crippen LogP contribution in [0, 0.1) is 0 Å². The minimum absolute atomic E-state index is 0.0729. The lowest BCUT2D eigenvalue weighted by Gasteiger charge is -2.17. The lowest BCUT2D eigenvalue weighted by atomic mass is 10.1. The molecule has 0 atom stereocenters. The van der Waals surface area contributed by atoms with E-state index in [0.717, 1.165) is 28.1 Å². The fourth-order valence-corrected chi connectivity index (χ4v) is 2.69. The molecule has 0 aliphatic heterocycles. The van der Waals surface area contributed by atoms with Gasteiger partial charge >= 0.3 is 0 Å². The Balaban J connectivity index is 1.93. The van der Waals surface area contributed by atoms with Crippen LogP contribution in [0.2, 0.25) is 0 Å². The smallest absolute Gasteiger partial charge is 0.258 e. The lowest BCUT2D eigenvalue weighted by Crippen LogP contribution is -2.26. The predicted octanol–water partition coefficient (Wildman–Crippen LogP) is 4.46. The number of aliphatic imine (C=N–C) groups is 1. The molecule has 0 radical (unpaired) electrons. The van der Waals surface area contributed by atoms with Crippen molar-refractivity contribution in [2.45, 2.75) is 6.92 Å². The molecule has 5 nitrogen and oxygen atoms in total. The number of anilines is 1. The van der Waals surface area contributed by atoms with E-state index in [4.69, 9.17) is 0 Å². The van der Waals surface area contributed by atoms with Crippen molar-refractivity contribution in [3.8, 4) is 0 Å². The predicted molar refractivity (Wildman–Crippen MR) is 108 cm³/mol. The van der Waals surface area contributed by atoms with Crippen LogP contribution < -0.4 is 4.90 Å². The van der Waals surface area contributed by atoms with Gasteiger partial charge in [0.25, 0.3) is 5.91 Å². The summed E-state index contributed by atoms with van der Waals surface area (Å²) < 4.78 is 0. The van der Waals surface area contributed by atoms with E-state index in [1.807, 2.05) is 61.5 Å². The Morgan fingerprint density at radius 3 is 2.69 bits per heavy atom. The second kappa shape index (κ2) is 7.61. The fourth-order valence-electron chi connectivity index (χ4n) is 2.69. The van der Waals surface area contributed by atoms with Gasteiger partial charge < -0.3 is 9.88 Å². The maximum absolute atomic E-state index is 12.8. The van der Waals surface area contributed by atoms with Crippen molar-refractivity contribution in [1.82, 2.24) is 9.97 Å². The molecule has 0 saturated carbocycles. The van der Waals surface area contributed by atoms with Gasteiger partial charge in [-0.3, -0.25) is 9.79 Å². The third kappa shape index (κ3) is 3.47. The zero-order chi connectivity index (χ0) is 18.5. The first-order chi connectivity index (χ1) is 12.6. The summed E-state index contributed by atoms with van der Waals surface area (Å²) in [7, 11) is 1.77. The van der Waals surface area contributed by atoms with Gasteiger partial charge in [-0.1, -0.05) is 24.3 Å². The van der Waals surface area contributed by atoms with Crippen LogP contribution in [0.25, 0.3) is 16.6 Å². The number of aromatic amines is 1. The second-order valence-electron chi connectivity index (χ2n) is 5.76. The summed E-state index contributed by atoms with van der Waals surface area (Å²) in [5, 5.41) is 0. The molecule has 3 aromatic rings. The summed E-state index contributed by atoms with van der Waals surface area (Å²) in [5.74, 6) is 0.652. The van der Waals surface area contributed by atoms with Crippen molar-refractivity contribution in [2.75, 3.05) is 11.9 Å². The summed E-state index contributed by atoms with van der Waals surface area (Å²) in [5.41, 5.74) is 3.97. The molecule has 1 aromatic heterocycles. The molecule has 0 fully saturated rings. The van der Waals surface area contributed by atoms with Crippen LogP contribution in [-0.4, -0.2) is 29.6 Å². The third-order valence-electron chi connectivity index (χ3n) is 4.12. The van der Waals surface area contributed by atoms with Gasteiger partial charge in [-0.05, 0) is 50.0 Å². The SMILES string of the molecule is C=N/C=C\C(=C/C)c1nc2ccc(C(=O)N(C)c3ccccc3)cc2[nH]1. The van der Waals surface area contributed by atoms with Crippen LogP contribution >= 0.6 is 0 Å². The average molecular weight is 344 g/mol. The Morgan fingerprint density at radius 2 is 2.00 bits per heavy atom. The number of para-hydroxylation sites is 1. The van der Waals surface area contributed by atoms with Crippen molar-refractivity contribution >= 4 is 34.9 Å². The molecule has 1 N–H and O–H groups in total. The molecule has 0 aliphatic rings. The molecule has 1 amide bonds. The van der Waals surface area contributed by atoms with Crippen molar-refractivity contribution in [1.29, 1.82) is 0 Å². The highest BCUT2D eigenvalue weighted by molar-refractivity contribution is 6.07. The highest BCUT2D eigenvalue weighted by Gasteiger charge is 2.15. The van der Waals surface area contributed by atoms with E-state index in [1.54, 1.807) is 24.2 Å². The van der Waals surface area contributed by atoms with E-state index in [-0.39, 0.29) is 5.91 Å². The zero-order valence-electron chi connectivity index (χ0n) is 14.8. The Morgan fingerprint density at radius 1 is 1.23 bits per heavy atom. The number of nitrogens with one attached hydrogen (secondary N) is 1. The van der Waals surface area contributed by atoms with Crippen LogP contribution in [0.5, 0.6) is 0 Å². The highest BCUT2D eigenvalue weighted by atomic mass is 16.2. The molecule has 2 aromatic carbocycles. The maximum atomic E-state index is 12.8. The van der Waals surface area contributed by atoms with Gasteiger partial charge in [0.1, 0.15) is 5.82 Å². The van der Waals surface area contributed by atoms with E-state index in [0.29, 0.717) is 5.56 Å². The number of nitrogens with zero attached hydrogens (tertiary/aromatic N) is 3. The molecular weight excluding hydrogens is 324 g/mol. The second-order valence-corrected chi connectivity index (χ2v) is 5.76. The fraction of sp³-hybridized carbons (Fsp3) is 0.0952. The van der Waals surface area contributed by atoms with E-state index in [1.165, 1.54) is 0 Å². The van der Waals surface area contributed by atoms with Crippen LogP contribution in [0.15, 0.2) is 71.9 Å². The van der Waals surface area contributed by atoms with E-state index in [2.05, 4.69) is 21.7 Å².